The van der Waals surface area contributed by atoms with Crippen LogP contribution in [0, 0.1) is 6.42 Å². The van der Waals surface area contributed by atoms with E-state index in [1.54, 1.807) is 30.7 Å². The molecular formula is C14H10ClO. The Morgan fingerprint density at radius 3 is 2.44 bits per heavy atom. The molecule has 2 aromatic carbocycles. The van der Waals surface area contributed by atoms with Gasteiger partial charge in [-0.05, 0) is 17.7 Å². The van der Waals surface area contributed by atoms with Crippen LogP contribution in [0.25, 0.3) is 0 Å². The second kappa shape index (κ2) is 4.95. The van der Waals surface area contributed by atoms with Gasteiger partial charge >= 0.3 is 0 Å². The van der Waals surface area contributed by atoms with E-state index < -0.39 is 0 Å². The fourth-order valence-corrected chi connectivity index (χ4v) is 1.62. The van der Waals surface area contributed by atoms with Crippen LogP contribution < -0.4 is 0 Å². The molecule has 0 heterocycles. The summed E-state index contributed by atoms with van der Waals surface area (Å²) >= 11 is 5.83. The molecule has 2 aromatic rings. The predicted molar refractivity (Wildman–Crippen MR) is 65.6 cm³/mol. The number of carbonyl (C=O) groups is 1. The summed E-state index contributed by atoms with van der Waals surface area (Å²) in [5, 5.41) is 0.576. The van der Waals surface area contributed by atoms with Crippen molar-refractivity contribution in [2.75, 3.05) is 0 Å². The summed E-state index contributed by atoms with van der Waals surface area (Å²) in [5.74, 6) is -0.0336. The van der Waals surface area contributed by atoms with Gasteiger partial charge in [0.15, 0.2) is 5.78 Å². The Bertz CT molecular complexity index is 491. The van der Waals surface area contributed by atoms with Gasteiger partial charge in [-0.25, -0.2) is 0 Å². The standard InChI is InChI=1S/C14H10ClO/c15-13-8-4-7-12(10-13)14(16)9-11-5-2-1-3-6-11/h1-10H. The average Bonchev–Trinajstić information content (AvgIpc) is 2.30. The highest BCUT2D eigenvalue weighted by Gasteiger charge is 2.07. The third-order valence-corrected chi connectivity index (χ3v) is 2.44. The van der Waals surface area contributed by atoms with Gasteiger partial charge in [-0.2, -0.15) is 0 Å². The van der Waals surface area contributed by atoms with Crippen LogP contribution in [-0.4, -0.2) is 5.78 Å². The van der Waals surface area contributed by atoms with Crippen molar-refractivity contribution in [1.82, 2.24) is 0 Å². The zero-order chi connectivity index (χ0) is 11.4. The van der Waals surface area contributed by atoms with Crippen LogP contribution in [0.4, 0.5) is 0 Å². The van der Waals surface area contributed by atoms with Crippen LogP contribution >= 0.6 is 11.6 Å². The SMILES string of the molecule is O=C([CH]c1ccccc1)c1cccc(Cl)c1. The van der Waals surface area contributed by atoms with Gasteiger partial charge in [0.25, 0.3) is 0 Å². The quantitative estimate of drug-likeness (QED) is 0.733. The molecule has 0 saturated heterocycles. The predicted octanol–water partition coefficient (Wildman–Crippen LogP) is 3.78. The number of benzene rings is 2. The van der Waals surface area contributed by atoms with E-state index in [0.29, 0.717) is 10.6 Å². The number of carbonyl (C=O) groups excluding carboxylic acids is 1. The van der Waals surface area contributed by atoms with E-state index in [1.165, 1.54) is 0 Å². The van der Waals surface area contributed by atoms with E-state index in [0.717, 1.165) is 5.56 Å². The maximum absolute atomic E-state index is 11.9. The van der Waals surface area contributed by atoms with E-state index in [4.69, 9.17) is 11.6 Å². The number of ketones is 1. The second-order valence-electron chi connectivity index (χ2n) is 3.43. The third kappa shape index (κ3) is 2.71. The summed E-state index contributed by atoms with van der Waals surface area (Å²) in [4.78, 5) is 11.9. The Kier molecular flexibility index (Phi) is 3.37. The average molecular weight is 230 g/mol. The van der Waals surface area contributed by atoms with Crippen LogP contribution in [0.5, 0.6) is 0 Å². The Morgan fingerprint density at radius 2 is 1.75 bits per heavy atom. The molecule has 0 aliphatic heterocycles. The van der Waals surface area contributed by atoms with Gasteiger partial charge in [-0.3, -0.25) is 4.79 Å². The first-order valence-electron chi connectivity index (χ1n) is 4.95. The lowest BCUT2D eigenvalue weighted by atomic mass is 10.0. The number of hydrogen-bond acceptors (Lipinski definition) is 1. The van der Waals surface area contributed by atoms with Gasteiger partial charge in [0, 0.05) is 10.6 Å². The molecule has 0 bridgehead atoms. The van der Waals surface area contributed by atoms with Crippen molar-refractivity contribution in [1.29, 1.82) is 0 Å². The zero-order valence-electron chi connectivity index (χ0n) is 8.56. The van der Waals surface area contributed by atoms with Gasteiger partial charge in [0.05, 0.1) is 6.42 Å². The summed E-state index contributed by atoms with van der Waals surface area (Å²) in [6.45, 7) is 0. The molecule has 0 unspecified atom stereocenters. The normalized spacial score (nSPS) is 10.1. The minimum absolute atomic E-state index is 0.0336. The Morgan fingerprint density at radius 1 is 1.00 bits per heavy atom. The van der Waals surface area contributed by atoms with Gasteiger partial charge in [0.1, 0.15) is 0 Å². The summed E-state index contributed by atoms with van der Waals surface area (Å²) in [7, 11) is 0. The number of rotatable bonds is 3. The first-order valence-corrected chi connectivity index (χ1v) is 5.33. The van der Waals surface area contributed by atoms with Crippen molar-refractivity contribution in [3.63, 3.8) is 0 Å². The maximum Gasteiger partial charge on any atom is 0.171 e. The van der Waals surface area contributed by atoms with Gasteiger partial charge in [0.2, 0.25) is 0 Å². The molecule has 0 aromatic heterocycles. The van der Waals surface area contributed by atoms with E-state index in [2.05, 4.69) is 0 Å². The van der Waals surface area contributed by atoms with Crippen molar-refractivity contribution in [3.05, 3.63) is 77.2 Å². The van der Waals surface area contributed by atoms with Gasteiger partial charge in [-0.1, -0.05) is 54.1 Å². The molecule has 16 heavy (non-hydrogen) atoms. The summed E-state index contributed by atoms with van der Waals surface area (Å²) < 4.78 is 0. The van der Waals surface area contributed by atoms with Crippen LogP contribution in [-0.2, 0) is 0 Å². The van der Waals surface area contributed by atoms with Crippen LogP contribution in [0.15, 0.2) is 54.6 Å². The second-order valence-corrected chi connectivity index (χ2v) is 3.87. The molecule has 0 aliphatic rings. The monoisotopic (exact) mass is 229 g/mol. The molecule has 0 amide bonds. The Hall–Kier alpha value is -1.60. The molecule has 0 saturated carbocycles. The minimum Gasteiger partial charge on any atom is -0.293 e. The molecule has 0 aliphatic carbocycles. The van der Waals surface area contributed by atoms with E-state index in [9.17, 15) is 4.79 Å². The number of hydrogen-bond donors (Lipinski definition) is 0. The molecule has 79 valence electrons. The van der Waals surface area contributed by atoms with Gasteiger partial charge < -0.3 is 0 Å². The molecule has 1 radical (unpaired) electrons. The van der Waals surface area contributed by atoms with Gasteiger partial charge in [-0.15, -0.1) is 0 Å². The highest BCUT2D eigenvalue weighted by molar-refractivity contribution is 6.31. The van der Waals surface area contributed by atoms with Crippen molar-refractivity contribution >= 4 is 17.4 Å². The molecule has 0 N–H and O–H groups in total. The van der Waals surface area contributed by atoms with Crippen molar-refractivity contribution < 1.29 is 4.79 Å². The minimum atomic E-state index is -0.0336. The summed E-state index contributed by atoms with van der Waals surface area (Å²) in [5.41, 5.74) is 1.50. The summed E-state index contributed by atoms with van der Waals surface area (Å²) in [6.07, 6.45) is 1.60. The summed E-state index contributed by atoms with van der Waals surface area (Å²) in [6, 6.07) is 16.5. The molecule has 0 atom stereocenters. The lowest BCUT2D eigenvalue weighted by molar-refractivity contribution is 0.103. The molecule has 2 heteroatoms. The van der Waals surface area contributed by atoms with Crippen LogP contribution in [0.1, 0.15) is 15.9 Å². The number of halogens is 1. The lowest BCUT2D eigenvalue weighted by Crippen LogP contribution is -2.00. The molecule has 1 nitrogen and oxygen atoms in total. The fourth-order valence-electron chi connectivity index (χ4n) is 1.43. The Labute approximate surface area is 99.7 Å². The largest absolute Gasteiger partial charge is 0.293 e. The smallest absolute Gasteiger partial charge is 0.171 e. The molecule has 0 spiro atoms. The first-order chi connectivity index (χ1) is 7.75. The third-order valence-electron chi connectivity index (χ3n) is 2.21. The molecular weight excluding hydrogens is 220 g/mol. The molecule has 0 fully saturated rings. The van der Waals surface area contributed by atoms with Crippen molar-refractivity contribution in [2.24, 2.45) is 0 Å². The van der Waals surface area contributed by atoms with Crippen molar-refractivity contribution in [3.8, 4) is 0 Å². The highest BCUT2D eigenvalue weighted by Crippen LogP contribution is 2.14. The van der Waals surface area contributed by atoms with E-state index in [1.807, 2.05) is 30.3 Å². The van der Waals surface area contributed by atoms with E-state index in [-0.39, 0.29) is 5.78 Å². The lowest BCUT2D eigenvalue weighted by Gasteiger charge is -2.01. The first kappa shape index (κ1) is 10.9. The van der Waals surface area contributed by atoms with Crippen LogP contribution in [0.3, 0.4) is 0 Å². The number of Topliss-reactive ketones (excluding diaryl/α,β-unsaturated/α-hetero) is 1. The van der Waals surface area contributed by atoms with Crippen molar-refractivity contribution in [2.45, 2.75) is 0 Å². The van der Waals surface area contributed by atoms with Crippen LogP contribution in [0.2, 0.25) is 5.02 Å². The Balaban J connectivity index is 2.15. The maximum atomic E-state index is 11.9. The van der Waals surface area contributed by atoms with E-state index >= 15 is 0 Å². The highest BCUT2D eigenvalue weighted by atomic mass is 35.5. The molecule has 2 rings (SSSR count). The topological polar surface area (TPSA) is 17.1 Å². The fraction of sp³-hybridized carbons (Fsp3) is 0. The zero-order valence-corrected chi connectivity index (χ0v) is 9.32.